The number of hydrogen-bond acceptors (Lipinski definition) is 3. The molecule has 0 radical (unpaired) electrons. The van der Waals surface area contributed by atoms with E-state index in [4.69, 9.17) is 5.73 Å². The molecule has 0 spiro atoms. The molecule has 2 unspecified atom stereocenters. The van der Waals surface area contributed by atoms with Crippen molar-refractivity contribution in [2.75, 3.05) is 18.4 Å². The number of nitrogens with two attached hydrogens (primary N) is 1. The summed E-state index contributed by atoms with van der Waals surface area (Å²) in [5.74, 6) is 0.205. The smallest absolute Gasteiger partial charge is 0.227 e. The van der Waals surface area contributed by atoms with Crippen LogP contribution in [0.3, 0.4) is 0 Å². The summed E-state index contributed by atoms with van der Waals surface area (Å²) in [5, 5.41) is 3.06. The summed E-state index contributed by atoms with van der Waals surface area (Å²) in [7, 11) is 0. The molecule has 0 bridgehead atoms. The highest BCUT2D eigenvalue weighted by molar-refractivity contribution is 5.92. The van der Waals surface area contributed by atoms with Crippen molar-refractivity contribution in [2.24, 2.45) is 11.7 Å². The van der Waals surface area contributed by atoms with Crippen LogP contribution in [0, 0.1) is 5.92 Å². The fourth-order valence-electron chi connectivity index (χ4n) is 3.96. The van der Waals surface area contributed by atoms with Crippen molar-refractivity contribution in [3.05, 3.63) is 29.8 Å². The molecule has 0 aromatic heterocycles. The monoisotopic (exact) mass is 401 g/mol. The zero-order valence-electron chi connectivity index (χ0n) is 15.5. The zero-order chi connectivity index (χ0) is 16.8. The molecule has 1 aromatic rings. The van der Waals surface area contributed by atoms with Crippen LogP contribution in [0.25, 0.3) is 0 Å². The molecular formula is C20H33Cl2N3O. The van der Waals surface area contributed by atoms with Crippen LogP contribution >= 0.6 is 24.8 Å². The van der Waals surface area contributed by atoms with Gasteiger partial charge in [0, 0.05) is 24.2 Å². The number of carbonyl (C=O) groups is 1. The number of rotatable bonds is 4. The maximum absolute atomic E-state index is 12.4. The highest BCUT2D eigenvalue weighted by Crippen LogP contribution is 2.24. The molecule has 4 nitrogen and oxygen atoms in total. The Morgan fingerprint density at radius 2 is 1.65 bits per heavy atom. The second kappa shape index (κ2) is 11.8. The lowest BCUT2D eigenvalue weighted by Gasteiger charge is -2.25. The van der Waals surface area contributed by atoms with Crippen molar-refractivity contribution < 1.29 is 4.79 Å². The van der Waals surface area contributed by atoms with Gasteiger partial charge in [0.1, 0.15) is 0 Å². The van der Waals surface area contributed by atoms with E-state index in [0.29, 0.717) is 0 Å². The summed E-state index contributed by atoms with van der Waals surface area (Å²) in [6, 6.07) is 8.55. The van der Waals surface area contributed by atoms with Crippen LogP contribution in [0.15, 0.2) is 24.3 Å². The Kier molecular flexibility index (Phi) is 10.6. The number of nitrogens with one attached hydrogen (secondary N) is 1. The van der Waals surface area contributed by atoms with E-state index in [9.17, 15) is 4.79 Å². The van der Waals surface area contributed by atoms with E-state index < -0.39 is 0 Å². The van der Waals surface area contributed by atoms with Crippen LogP contribution in [0.4, 0.5) is 5.69 Å². The van der Waals surface area contributed by atoms with Crippen LogP contribution < -0.4 is 11.1 Å². The average Bonchev–Trinajstić information content (AvgIpc) is 2.85. The van der Waals surface area contributed by atoms with Gasteiger partial charge in [-0.25, -0.2) is 0 Å². The molecule has 26 heavy (non-hydrogen) atoms. The first-order valence-electron chi connectivity index (χ1n) is 9.58. The van der Waals surface area contributed by atoms with Crippen molar-refractivity contribution in [3.63, 3.8) is 0 Å². The van der Waals surface area contributed by atoms with Gasteiger partial charge in [0.05, 0.1) is 0 Å². The summed E-state index contributed by atoms with van der Waals surface area (Å²) < 4.78 is 0. The minimum atomic E-state index is 0. The quantitative estimate of drug-likeness (QED) is 0.787. The molecule has 1 amide bonds. The van der Waals surface area contributed by atoms with E-state index in [1.807, 2.05) is 12.1 Å². The van der Waals surface area contributed by atoms with Gasteiger partial charge in [-0.2, -0.15) is 0 Å². The first-order valence-corrected chi connectivity index (χ1v) is 9.58. The predicted molar refractivity (Wildman–Crippen MR) is 113 cm³/mol. The van der Waals surface area contributed by atoms with Crippen molar-refractivity contribution in [2.45, 2.75) is 64.0 Å². The third kappa shape index (κ3) is 7.07. The second-order valence-corrected chi connectivity index (χ2v) is 7.50. The minimum absolute atomic E-state index is 0. The molecule has 3 rings (SSSR count). The minimum Gasteiger partial charge on any atom is -0.328 e. The number of anilines is 1. The van der Waals surface area contributed by atoms with Gasteiger partial charge in [-0.3, -0.25) is 9.69 Å². The fraction of sp³-hybridized carbons (Fsp3) is 0.650. The van der Waals surface area contributed by atoms with E-state index in [-0.39, 0.29) is 42.7 Å². The summed E-state index contributed by atoms with van der Waals surface area (Å²) in [5.41, 5.74) is 8.22. The van der Waals surface area contributed by atoms with Crippen molar-refractivity contribution in [1.82, 2.24) is 4.90 Å². The third-order valence-electron chi connectivity index (χ3n) is 5.41. The molecule has 3 N–H and O–H groups in total. The lowest BCUT2D eigenvalue weighted by Crippen LogP contribution is -2.34. The largest absolute Gasteiger partial charge is 0.328 e. The van der Waals surface area contributed by atoms with E-state index in [1.165, 1.54) is 44.3 Å². The standard InChI is InChI=1S/C20H31N3O.2ClH/c21-18-7-5-6-17(14-18)20(24)22-19-10-8-16(9-11-19)15-23-12-3-1-2-4-13-23;;/h8-11,17-18H,1-7,12-15,21H2,(H,22,24);2*1H. The topological polar surface area (TPSA) is 58.4 Å². The maximum Gasteiger partial charge on any atom is 0.227 e. The molecule has 1 aromatic carbocycles. The maximum atomic E-state index is 12.4. The lowest BCUT2D eigenvalue weighted by molar-refractivity contribution is -0.120. The van der Waals surface area contributed by atoms with Crippen LogP contribution in [-0.2, 0) is 11.3 Å². The molecule has 2 aliphatic rings. The van der Waals surface area contributed by atoms with Gasteiger partial charge in [-0.15, -0.1) is 24.8 Å². The van der Waals surface area contributed by atoms with Gasteiger partial charge in [-0.05, 0) is 62.9 Å². The number of amides is 1. The summed E-state index contributed by atoms with van der Waals surface area (Å²) in [4.78, 5) is 14.9. The van der Waals surface area contributed by atoms with Crippen molar-refractivity contribution in [1.29, 1.82) is 0 Å². The van der Waals surface area contributed by atoms with E-state index >= 15 is 0 Å². The number of benzene rings is 1. The van der Waals surface area contributed by atoms with Crippen LogP contribution in [0.5, 0.6) is 0 Å². The number of likely N-dealkylation sites (tertiary alicyclic amines) is 1. The molecule has 1 heterocycles. The number of hydrogen-bond donors (Lipinski definition) is 2. The third-order valence-corrected chi connectivity index (χ3v) is 5.41. The zero-order valence-corrected chi connectivity index (χ0v) is 17.1. The molecule has 148 valence electrons. The molecular weight excluding hydrogens is 369 g/mol. The molecule has 1 aliphatic carbocycles. The Labute approximate surface area is 170 Å². The second-order valence-electron chi connectivity index (χ2n) is 7.50. The predicted octanol–water partition coefficient (Wildman–Crippen LogP) is 4.36. The van der Waals surface area contributed by atoms with Crippen molar-refractivity contribution >= 4 is 36.4 Å². The highest BCUT2D eigenvalue weighted by atomic mass is 35.5. The van der Waals surface area contributed by atoms with Gasteiger partial charge < -0.3 is 11.1 Å². The highest BCUT2D eigenvalue weighted by Gasteiger charge is 2.25. The molecule has 1 saturated carbocycles. The van der Waals surface area contributed by atoms with E-state index in [2.05, 4.69) is 22.3 Å². The normalized spacial score (nSPS) is 23.9. The first kappa shape index (κ1) is 23.2. The van der Waals surface area contributed by atoms with Crippen LogP contribution in [0.2, 0.25) is 0 Å². The lowest BCUT2D eigenvalue weighted by atomic mass is 9.85. The molecule has 2 atom stereocenters. The van der Waals surface area contributed by atoms with Gasteiger partial charge in [0.2, 0.25) is 5.91 Å². The van der Waals surface area contributed by atoms with Crippen molar-refractivity contribution in [3.8, 4) is 0 Å². The number of carbonyl (C=O) groups excluding carboxylic acids is 1. The van der Waals surface area contributed by atoms with Gasteiger partial charge in [0.25, 0.3) is 0 Å². The Balaban J connectivity index is 0.00000169. The van der Waals surface area contributed by atoms with Crippen LogP contribution in [0.1, 0.15) is 56.9 Å². The summed E-state index contributed by atoms with van der Waals surface area (Å²) >= 11 is 0. The molecule has 1 aliphatic heterocycles. The Morgan fingerprint density at radius 3 is 2.27 bits per heavy atom. The fourth-order valence-corrected chi connectivity index (χ4v) is 3.96. The van der Waals surface area contributed by atoms with E-state index in [1.54, 1.807) is 0 Å². The Bertz CT molecular complexity index is 530. The SMILES string of the molecule is Cl.Cl.NC1CCCC(C(=O)Nc2ccc(CN3CCCCCC3)cc2)C1. The molecule has 6 heteroatoms. The van der Waals surface area contributed by atoms with E-state index in [0.717, 1.165) is 37.9 Å². The van der Waals surface area contributed by atoms with Gasteiger partial charge in [0.15, 0.2) is 0 Å². The molecule has 1 saturated heterocycles. The Morgan fingerprint density at radius 1 is 1.00 bits per heavy atom. The summed E-state index contributed by atoms with van der Waals surface area (Å²) in [6.45, 7) is 3.44. The average molecular weight is 402 g/mol. The van der Waals surface area contributed by atoms with Gasteiger partial charge in [-0.1, -0.05) is 31.4 Å². The number of nitrogens with zero attached hydrogens (tertiary/aromatic N) is 1. The first-order chi connectivity index (χ1) is 11.7. The number of halogens is 2. The van der Waals surface area contributed by atoms with Crippen LogP contribution in [-0.4, -0.2) is 29.9 Å². The summed E-state index contributed by atoms with van der Waals surface area (Å²) in [6.07, 6.45) is 9.27. The Hall–Kier alpha value is -0.810. The molecule has 2 fully saturated rings. The van der Waals surface area contributed by atoms with Gasteiger partial charge >= 0.3 is 0 Å².